The Bertz CT molecular complexity index is 332. The zero-order valence-electron chi connectivity index (χ0n) is 8.65. The van der Waals surface area contributed by atoms with E-state index < -0.39 is 0 Å². The Kier molecular flexibility index (Phi) is 2.90. The highest BCUT2D eigenvalue weighted by Crippen LogP contribution is 2.30. The lowest BCUT2D eigenvalue weighted by atomic mass is 10.4. The molecule has 0 radical (unpaired) electrons. The molecule has 0 spiro atoms. The molecule has 1 fully saturated rings. The number of anilines is 2. The van der Waals surface area contributed by atoms with Crippen molar-refractivity contribution in [1.82, 2.24) is 15.0 Å². The van der Waals surface area contributed by atoms with Crippen molar-refractivity contribution in [2.45, 2.75) is 19.8 Å². The quantitative estimate of drug-likeness (QED) is 0.841. The minimum absolute atomic E-state index is 0.159. The van der Waals surface area contributed by atoms with Gasteiger partial charge < -0.3 is 10.6 Å². The molecule has 1 aromatic rings. The summed E-state index contributed by atoms with van der Waals surface area (Å²) in [6, 6.07) is 0. The third-order valence-corrected chi connectivity index (χ3v) is 2.62. The van der Waals surface area contributed by atoms with Crippen LogP contribution in [0.25, 0.3) is 0 Å². The second-order valence-electron chi connectivity index (χ2n) is 3.74. The molecule has 1 aliphatic carbocycles. The molecule has 0 unspecified atom stereocenters. The van der Waals surface area contributed by atoms with E-state index in [1.54, 1.807) is 0 Å². The maximum Gasteiger partial charge on any atom is 0.231 e. The largest absolute Gasteiger partial charge is 0.368 e. The summed E-state index contributed by atoms with van der Waals surface area (Å²) in [4.78, 5) is 14.0. The highest BCUT2D eigenvalue weighted by Gasteiger charge is 2.25. The van der Waals surface area contributed by atoms with E-state index in [-0.39, 0.29) is 11.2 Å². The molecular formula is C9H14ClN5. The molecule has 1 aliphatic rings. The Morgan fingerprint density at radius 2 is 2.13 bits per heavy atom. The first-order chi connectivity index (χ1) is 7.19. The van der Waals surface area contributed by atoms with Crippen molar-refractivity contribution in [1.29, 1.82) is 0 Å². The molecule has 6 heteroatoms. The van der Waals surface area contributed by atoms with Gasteiger partial charge in [-0.1, -0.05) is 0 Å². The number of nitrogens with two attached hydrogens (primary N) is 1. The number of aromatic nitrogens is 3. The normalized spacial score (nSPS) is 15.3. The van der Waals surface area contributed by atoms with Crippen molar-refractivity contribution >= 4 is 23.5 Å². The van der Waals surface area contributed by atoms with Gasteiger partial charge in [0.2, 0.25) is 17.2 Å². The lowest BCUT2D eigenvalue weighted by molar-refractivity contribution is 0.717. The SMILES string of the molecule is CCN(CC1CC1)c1nc(N)nc(Cl)n1. The van der Waals surface area contributed by atoms with Gasteiger partial charge in [0.1, 0.15) is 0 Å². The topological polar surface area (TPSA) is 67.9 Å². The van der Waals surface area contributed by atoms with Gasteiger partial charge in [0, 0.05) is 13.1 Å². The number of hydrogen-bond donors (Lipinski definition) is 1. The maximum atomic E-state index is 5.73. The Morgan fingerprint density at radius 3 is 2.67 bits per heavy atom. The molecule has 0 aromatic carbocycles. The maximum absolute atomic E-state index is 5.73. The van der Waals surface area contributed by atoms with Crippen LogP contribution in [0.1, 0.15) is 19.8 Å². The first-order valence-electron chi connectivity index (χ1n) is 5.11. The van der Waals surface area contributed by atoms with Crippen molar-refractivity contribution in [2.24, 2.45) is 5.92 Å². The molecule has 2 rings (SSSR count). The van der Waals surface area contributed by atoms with E-state index in [2.05, 4.69) is 26.8 Å². The summed E-state index contributed by atoms with van der Waals surface area (Å²) >= 11 is 5.73. The van der Waals surface area contributed by atoms with Gasteiger partial charge in [-0.15, -0.1) is 0 Å². The number of halogens is 1. The van der Waals surface area contributed by atoms with E-state index in [9.17, 15) is 0 Å². The van der Waals surface area contributed by atoms with E-state index >= 15 is 0 Å². The van der Waals surface area contributed by atoms with E-state index in [1.165, 1.54) is 12.8 Å². The predicted octanol–water partition coefficient (Wildman–Crippen LogP) is 1.34. The lowest BCUT2D eigenvalue weighted by Gasteiger charge is -2.20. The summed E-state index contributed by atoms with van der Waals surface area (Å²) in [6.45, 7) is 3.91. The molecular weight excluding hydrogens is 214 g/mol. The minimum Gasteiger partial charge on any atom is -0.368 e. The summed E-state index contributed by atoms with van der Waals surface area (Å²) in [5, 5.41) is 0.159. The fourth-order valence-electron chi connectivity index (χ4n) is 1.46. The van der Waals surface area contributed by atoms with Crippen LogP contribution in [-0.2, 0) is 0 Å². The molecule has 0 amide bonds. The smallest absolute Gasteiger partial charge is 0.231 e. The van der Waals surface area contributed by atoms with Crippen LogP contribution < -0.4 is 10.6 Å². The molecule has 0 bridgehead atoms. The second kappa shape index (κ2) is 4.18. The van der Waals surface area contributed by atoms with Crippen LogP contribution in [0.3, 0.4) is 0 Å². The molecule has 82 valence electrons. The molecule has 0 saturated heterocycles. The zero-order chi connectivity index (χ0) is 10.8. The fraction of sp³-hybridized carbons (Fsp3) is 0.667. The minimum atomic E-state index is 0.159. The van der Waals surface area contributed by atoms with Crippen molar-refractivity contribution in [3.8, 4) is 0 Å². The van der Waals surface area contributed by atoms with Gasteiger partial charge in [-0.25, -0.2) is 0 Å². The van der Waals surface area contributed by atoms with Crippen molar-refractivity contribution in [2.75, 3.05) is 23.7 Å². The Labute approximate surface area is 93.7 Å². The molecule has 0 aliphatic heterocycles. The van der Waals surface area contributed by atoms with Crippen LogP contribution in [0.4, 0.5) is 11.9 Å². The van der Waals surface area contributed by atoms with Crippen LogP contribution in [0, 0.1) is 5.92 Å². The van der Waals surface area contributed by atoms with Gasteiger partial charge in [-0.2, -0.15) is 15.0 Å². The van der Waals surface area contributed by atoms with Crippen LogP contribution >= 0.6 is 11.6 Å². The number of rotatable bonds is 4. The van der Waals surface area contributed by atoms with E-state index in [0.717, 1.165) is 19.0 Å². The van der Waals surface area contributed by atoms with Gasteiger partial charge in [0.15, 0.2) is 0 Å². The average Bonchev–Trinajstić information content (AvgIpc) is 2.96. The molecule has 1 aromatic heterocycles. The van der Waals surface area contributed by atoms with Crippen molar-refractivity contribution in [3.63, 3.8) is 0 Å². The molecule has 15 heavy (non-hydrogen) atoms. The van der Waals surface area contributed by atoms with Gasteiger partial charge in [0.05, 0.1) is 0 Å². The van der Waals surface area contributed by atoms with Gasteiger partial charge in [0.25, 0.3) is 0 Å². The second-order valence-corrected chi connectivity index (χ2v) is 4.08. The molecule has 1 heterocycles. The average molecular weight is 228 g/mol. The van der Waals surface area contributed by atoms with E-state index in [1.807, 2.05) is 0 Å². The van der Waals surface area contributed by atoms with Crippen LogP contribution in [0.2, 0.25) is 5.28 Å². The zero-order valence-corrected chi connectivity index (χ0v) is 9.41. The van der Waals surface area contributed by atoms with Crippen molar-refractivity contribution in [3.05, 3.63) is 5.28 Å². The summed E-state index contributed by atoms with van der Waals surface area (Å²) in [5.41, 5.74) is 5.53. The lowest BCUT2D eigenvalue weighted by Crippen LogP contribution is -2.27. The third-order valence-electron chi connectivity index (χ3n) is 2.45. The number of nitrogen functional groups attached to an aromatic ring is 1. The van der Waals surface area contributed by atoms with Crippen LogP contribution in [-0.4, -0.2) is 28.0 Å². The van der Waals surface area contributed by atoms with Crippen molar-refractivity contribution < 1.29 is 0 Å². The molecule has 1 saturated carbocycles. The first-order valence-corrected chi connectivity index (χ1v) is 5.49. The van der Waals surface area contributed by atoms with Gasteiger partial charge in [-0.05, 0) is 37.3 Å². The summed E-state index contributed by atoms with van der Waals surface area (Å²) in [5.74, 6) is 1.54. The summed E-state index contributed by atoms with van der Waals surface area (Å²) in [7, 11) is 0. The van der Waals surface area contributed by atoms with E-state index in [4.69, 9.17) is 17.3 Å². The van der Waals surface area contributed by atoms with Gasteiger partial charge >= 0.3 is 0 Å². The highest BCUT2D eigenvalue weighted by atomic mass is 35.5. The predicted molar refractivity (Wildman–Crippen MR) is 59.9 cm³/mol. The molecule has 0 atom stereocenters. The summed E-state index contributed by atoms with van der Waals surface area (Å²) < 4.78 is 0. The first kappa shape index (κ1) is 10.4. The molecule has 5 nitrogen and oxygen atoms in total. The Hall–Kier alpha value is -1.10. The monoisotopic (exact) mass is 227 g/mol. The number of hydrogen-bond acceptors (Lipinski definition) is 5. The molecule has 2 N–H and O–H groups in total. The Morgan fingerprint density at radius 1 is 1.40 bits per heavy atom. The van der Waals surface area contributed by atoms with E-state index in [0.29, 0.717) is 5.95 Å². The van der Waals surface area contributed by atoms with Crippen LogP contribution in [0.15, 0.2) is 0 Å². The number of nitrogens with zero attached hydrogens (tertiary/aromatic N) is 4. The van der Waals surface area contributed by atoms with Gasteiger partial charge in [-0.3, -0.25) is 0 Å². The standard InChI is InChI=1S/C9H14ClN5/c1-2-15(5-6-3-4-6)9-13-7(10)12-8(11)14-9/h6H,2-5H2,1H3,(H2,11,12,13,14). The summed E-state index contributed by atoms with van der Waals surface area (Å²) in [6.07, 6.45) is 2.59. The highest BCUT2D eigenvalue weighted by molar-refractivity contribution is 6.28. The Balaban J connectivity index is 2.16. The van der Waals surface area contributed by atoms with Crippen LogP contribution in [0.5, 0.6) is 0 Å². The fourth-order valence-corrected chi connectivity index (χ4v) is 1.62. The third kappa shape index (κ3) is 2.68.